The number of thiazole rings is 1. The minimum absolute atomic E-state index is 0.0717. The van der Waals surface area contributed by atoms with Crippen molar-refractivity contribution in [2.75, 3.05) is 32.8 Å². The van der Waals surface area contributed by atoms with Crippen LogP contribution in [0.5, 0.6) is 11.5 Å². The third-order valence-electron chi connectivity index (χ3n) is 5.37. The maximum atomic E-state index is 12.8. The fourth-order valence-electron chi connectivity index (χ4n) is 3.70. The number of para-hydroxylation sites is 3. The van der Waals surface area contributed by atoms with Crippen LogP contribution >= 0.6 is 11.3 Å². The van der Waals surface area contributed by atoms with Gasteiger partial charge in [-0.25, -0.2) is 4.98 Å². The van der Waals surface area contributed by atoms with E-state index in [9.17, 15) is 9.59 Å². The van der Waals surface area contributed by atoms with Crippen molar-refractivity contribution in [3.05, 3.63) is 59.6 Å². The molecule has 158 valence electrons. The summed E-state index contributed by atoms with van der Waals surface area (Å²) in [6.45, 7) is 2.11. The lowest BCUT2D eigenvalue weighted by Gasteiger charge is -2.36. The normalized spacial score (nSPS) is 18.5. The van der Waals surface area contributed by atoms with Crippen LogP contribution in [0.1, 0.15) is 5.01 Å². The monoisotopic (exact) mass is 435 g/mol. The largest absolute Gasteiger partial charge is 0.485 e. The number of carbonyl (C=O) groups is 2. The number of ether oxygens (including phenoxy) is 2. The molecule has 2 aliphatic heterocycles. The Morgan fingerprint density at radius 1 is 0.968 bits per heavy atom. The average Bonchev–Trinajstić information content (AvgIpc) is 3.25. The molecule has 2 aliphatic rings. The van der Waals surface area contributed by atoms with Gasteiger partial charge in [0.2, 0.25) is 12.0 Å². The van der Waals surface area contributed by atoms with Crippen LogP contribution in [0.3, 0.4) is 0 Å². The van der Waals surface area contributed by atoms with Crippen LogP contribution in [0.15, 0.2) is 54.6 Å². The Morgan fingerprint density at radius 2 is 1.68 bits per heavy atom. The Morgan fingerprint density at radius 3 is 2.48 bits per heavy atom. The van der Waals surface area contributed by atoms with Crippen LogP contribution < -0.4 is 9.47 Å². The van der Waals surface area contributed by atoms with Crippen LogP contribution in [0.25, 0.3) is 16.3 Å². The van der Waals surface area contributed by atoms with Gasteiger partial charge in [0.15, 0.2) is 11.5 Å². The molecule has 0 aliphatic carbocycles. The molecule has 0 bridgehead atoms. The van der Waals surface area contributed by atoms with Gasteiger partial charge in [0.25, 0.3) is 5.91 Å². The van der Waals surface area contributed by atoms with Crippen molar-refractivity contribution in [2.24, 2.45) is 0 Å². The highest BCUT2D eigenvalue weighted by Gasteiger charge is 2.33. The highest BCUT2D eigenvalue weighted by molar-refractivity contribution is 7.19. The molecule has 1 fully saturated rings. The molecule has 3 aromatic rings. The second kappa shape index (κ2) is 8.39. The number of hydrogen-bond acceptors (Lipinski definition) is 6. The third-order valence-corrected chi connectivity index (χ3v) is 6.37. The lowest BCUT2D eigenvalue weighted by atomic mass is 10.2. The summed E-state index contributed by atoms with van der Waals surface area (Å²) < 4.78 is 12.6. The number of piperazine rings is 1. The summed E-state index contributed by atoms with van der Waals surface area (Å²) in [6, 6.07) is 15.2. The highest BCUT2D eigenvalue weighted by atomic mass is 32.1. The summed E-state index contributed by atoms with van der Waals surface area (Å²) in [6.07, 6.45) is 2.66. The van der Waals surface area contributed by atoms with E-state index in [-0.39, 0.29) is 18.4 Å². The van der Waals surface area contributed by atoms with E-state index in [0.717, 1.165) is 15.2 Å². The molecule has 1 unspecified atom stereocenters. The molecule has 31 heavy (non-hydrogen) atoms. The molecular weight excluding hydrogens is 414 g/mol. The Bertz CT molecular complexity index is 1120. The third kappa shape index (κ3) is 4.11. The van der Waals surface area contributed by atoms with Gasteiger partial charge < -0.3 is 19.3 Å². The number of hydrogen-bond donors (Lipinski definition) is 0. The second-order valence-electron chi connectivity index (χ2n) is 7.37. The smallest absolute Gasteiger partial charge is 0.267 e. The van der Waals surface area contributed by atoms with Gasteiger partial charge in [0.05, 0.1) is 10.2 Å². The summed E-state index contributed by atoms with van der Waals surface area (Å²) in [5, 5.41) is 0.804. The maximum absolute atomic E-state index is 12.8. The van der Waals surface area contributed by atoms with E-state index in [2.05, 4.69) is 4.98 Å². The van der Waals surface area contributed by atoms with Gasteiger partial charge in [0, 0.05) is 32.3 Å². The van der Waals surface area contributed by atoms with Crippen LogP contribution in [0.2, 0.25) is 0 Å². The minimum Gasteiger partial charge on any atom is -0.485 e. The minimum atomic E-state index is -0.656. The lowest BCUT2D eigenvalue weighted by Crippen LogP contribution is -2.54. The Balaban J connectivity index is 1.15. The zero-order chi connectivity index (χ0) is 21.2. The molecule has 8 heteroatoms. The van der Waals surface area contributed by atoms with E-state index in [0.29, 0.717) is 37.7 Å². The number of aromatic nitrogens is 1. The van der Waals surface area contributed by atoms with Gasteiger partial charge in [-0.2, -0.15) is 0 Å². The van der Waals surface area contributed by atoms with E-state index in [1.165, 1.54) is 0 Å². The van der Waals surface area contributed by atoms with Crippen molar-refractivity contribution < 1.29 is 19.1 Å². The molecule has 3 heterocycles. The van der Waals surface area contributed by atoms with E-state index < -0.39 is 6.10 Å². The van der Waals surface area contributed by atoms with Crippen LogP contribution in [0.4, 0.5) is 0 Å². The summed E-state index contributed by atoms with van der Waals surface area (Å²) in [5.41, 5.74) is 0.934. The summed E-state index contributed by atoms with van der Waals surface area (Å²) in [4.78, 5) is 33.4. The lowest BCUT2D eigenvalue weighted by molar-refractivity contribution is -0.145. The Labute approximate surface area is 183 Å². The number of amides is 2. The molecule has 5 rings (SSSR count). The Hall–Kier alpha value is -3.39. The predicted molar refractivity (Wildman–Crippen MR) is 118 cm³/mol. The molecule has 1 atom stereocenters. The number of benzene rings is 2. The van der Waals surface area contributed by atoms with Crippen molar-refractivity contribution in [1.29, 1.82) is 0 Å². The van der Waals surface area contributed by atoms with Crippen molar-refractivity contribution >= 4 is 39.4 Å². The van der Waals surface area contributed by atoms with E-state index in [1.807, 2.05) is 42.5 Å². The first-order valence-corrected chi connectivity index (χ1v) is 11.0. The quantitative estimate of drug-likeness (QED) is 0.592. The fraction of sp³-hybridized carbons (Fsp3) is 0.261. The van der Waals surface area contributed by atoms with Crippen molar-refractivity contribution in [2.45, 2.75) is 6.10 Å². The number of nitrogens with zero attached hydrogens (tertiary/aromatic N) is 3. The molecule has 7 nitrogen and oxygen atoms in total. The second-order valence-corrected chi connectivity index (χ2v) is 8.43. The topological polar surface area (TPSA) is 72.0 Å². The average molecular weight is 436 g/mol. The van der Waals surface area contributed by atoms with Crippen molar-refractivity contribution in [1.82, 2.24) is 14.8 Å². The highest BCUT2D eigenvalue weighted by Crippen LogP contribution is 2.31. The first-order valence-electron chi connectivity index (χ1n) is 10.2. The van der Waals surface area contributed by atoms with Crippen molar-refractivity contribution in [3.8, 4) is 11.5 Å². The fourth-order valence-corrected chi connectivity index (χ4v) is 4.57. The molecular formula is C23H21N3O4S. The molecule has 2 aromatic carbocycles. The summed E-state index contributed by atoms with van der Waals surface area (Å²) >= 11 is 1.55. The first kappa shape index (κ1) is 19.6. The standard InChI is InChI=1S/C23H21N3O4S/c27-22(10-9-21-24-16-5-1-4-8-20(16)31-21)25-11-13-26(14-12-25)23(28)19-15-29-17-6-2-3-7-18(17)30-19/h1-10,19H,11-15H2. The molecule has 2 amide bonds. The van der Waals surface area contributed by atoms with Crippen LogP contribution in [-0.4, -0.2) is 65.5 Å². The number of carbonyl (C=O) groups excluding carboxylic acids is 2. The zero-order valence-electron chi connectivity index (χ0n) is 16.8. The summed E-state index contributed by atoms with van der Waals surface area (Å²) in [5.74, 6) is 1.06. The van der Waals surface area contributed by atoms with Gasteiger partial charge in [-0.3, -0.25) is 9.59 Å². The molecule has 0 spiro atoms. The van der Waals surface area contributed by atoms with Gasteiger partial charge in [-0.15, -0.1) is 11.3 Å². The van der Waals surface area contributed by atoms with Gasteiger partial charge in [-0.1, -0.05) is 24.3 Å². The molecule has 0 radical (unpaired) electrons. The SMILES string of the molecule is O=C(C=Cc1nc2ccccc2s1)N1CCN(C(=O)C2COc3ccccc3O2)CC1. The van der Waals surface area contributed by atoms with E-state index in [4.69, 9.17) is 9.47 Å². The zero-order valence-corrected chi connectivity index (χ0v) is 17.6. The van der Waals surface area contributed by atoms with Gasteiger partial charge >= 0.3 is 0 Å². The Kier molecular flexibility index (Phi) is 5.30. The number of fused-ring (bicyclic) bond motifs is 2. The number of rotatable bonds is 3. The first-order chi connectivity index (χ1) is 15.2. The van der Waals surface area contributed by atoms with Crippen molar-refractivity contribution in [3.63, 3.8) is 0 Å². The predicted octanol–water partition coefficient (Wildman–Crippen LogP) is 2.82. The van der Waals surface area contributed by atoms with Crippen LogP contribution in [-0.2, 0) is 9.59 Å². The van der Waals surface area contributed by atoms with Gasteiger partial charge in [-0.05, 0) is 30.3 Å². The van der Waals surface area contributed by atoms with Gasteiger partial charge in [0.1, 0.15) is 11.6 Å². The van der Waals surface area contributed by atoms with E-state index in [1.54, 1.807) is 39.4 Å². The van der Waals surface area contributed by atoms with Crippen LogP contribution in [0, 0.1) is 0 Å². The summed E-state index contributed by atoms with van der Waals surface area (Å²) in [7, 11) is 0. The van der Waals surface area contributed by atoms with E-state index >= 15 is 0 Å². The molecule has 0 N–H and O–H groups in total. The molecule has 0 saturated carbocycles. The molecule has 1 aromatic heterocycles. The molecule has 1 saturated heterocycles. The maximum Gasteiger partial charge on any atom is 0.267 e.